The molecule has 0 N–H and O–H groups in total. The van der Waals surface area contributed by atoms with Crippen LogP contribution in [0.15, 0.2) is 121 Å². The van der Waals surface area contributed by atoms with E-state index >= 15 is 0 Å². The lowest BCUT2D eigenvalue weighted by Gasteiger charge is -2.25. The maximum Gasteiger partial charge on any atom is 0.119 e. The molecule has 5 aromatic rings. The Balaban J connectivity index is 1.20. The zero-order chi connectivity index (χ0) is 39.8. The Labute approximate surface area is 341 Å². The molecule has 0 heterocycles. The molecule has 0 spiro atoms. The predicted molar refractivity (Wildman–Crippen MR) is 238 cm³/mol. The van der Waals surface area contributed by atoms with Crippen LogP contribution < -0.4 is 14.4 Å². The summed E-state index contributed by atoms with van der Waals surface area (Å²) in [6.07, 6.45) is 17.9. The fourth-order valence-electron chi connectivity index (χ4n) is 6.02. The van der Waals surface area contributed by atoms with Crippen LogP contribution in [-0.2, 0) is 0 Å². The maximum absolute atomic E-state index is 5.87. The van der Waals surface area contributed by atoms with Gasteiger partial charge in [0.2, 0.25) is 0 Å². The normalized spacial score (nSPS) is 9.84. The largest absolute Gasteiger partial charge is 0.494 e. The minimum atomic E-state index is 0.750. The molecule has 0 saturated heterocycles. The summed E-state index contributed by atoms with van der Waals surface area (Å²) in [5.41, 5.74) is 7.34. The van der Waals surface area contributed by atoms with Crippen molar-refractivity contribution in [1.29, 1.82) is 0 Å². The van der Waals surface area contributed by atoms with Gasteiger partial charge in [0.25, 0.3) is 0 Å². The van der Waals surface area contributed by atoms with Gasteiger partial charge in [-0.1, -0.05) is 94.8 Å². The van der Waals surface area contributed by atoms with Gasteiger partial charge in [-0.15, -0.1) is 6.42 Å². The van der Waals surface area contributed by atoms with E-state index in [2.05, 4.69) is 96.3 Å². The number of rotatable bonds is 17. The van der Waals surface area contributed by atoms with Gasteiger partial charge >= 0.3 is 0 Å². The summed E-state index contributed by atoms with van der Waals surface area (Å²) >= 11 is 0. The molecule has 3 heteroatoms. The number of unbranched alkanes of at least 4 members (excludes halogenated alkanes) is 8. The van der Waals surface area contributed by atoms with E-state index in [-0.39, 0.29) is 0 Å². The molecule has 0 amide bonds. The maximum atomic E-state index is 5.87. The first-order valence-electron chi connectivity index (χ1n) is 20.2. The van der Waals surface area contributed by atoms with Crippen LogP contribution in [0, 0.1) is 59.7 Å². The number of nitrogens with zero attached hydrogens (tertiary/aromatic N) is 1. The van der Waals surface area contributed by atoms with Crippen LogP contribution in [0.25, 0.3) is 0 Å². The van der Waals surface area contributed by atoms with E-state index < -0.39 is 0 Å². The third kappa shape index (κ3) is 14.5. The number of terminal acetylenes is 1. The molecular formula is C54H51NO2. The highest BCUT2D eigenvalue weighted by molar-refractivity contribution is 5.77. The molecule has 57 heavy (non-hydrogen) atoms. The Bertz CT molecular complexity index is 2130. The number of hydrogen-bond donors (Lipinski definition) is 0. The van der Waals surface area contributed by atoms with Gasteiger partial charge in [-0.05, 0) is 158 Å². The van der Waals surface area contributed by atoms with Crippen LogP contribution in [0.2, 0.25) is 0 Å². The molecular weight excluding hydrogens is 695 g/mol. The summed E-state index contributed by atoms with van der Waals surface area (Å²) in [7, 11) is 0. The molecule has 0 bridgehead atoms. The van der Waals surface area contributed by atoms with Gasteiger partial charge in [0, 0.05) is 44.9 Å². The minimum absolute atomic E-state index is 0.750. The SMILES string of the molecule is C#Cc1ccc(N(c2ccc(C#CC#Cc3ccc(OCCCCCCC)cc3)cc2)c2ccc(C#CC#Cc3ccc(OCCCCCCC)cc3)cc2)cc1. The second-order valence-corrected chi connectivity index (χ2v) is 13.7. The molecule has 3 nitrogen and oxygen atoms in total. The van der Waals surface area contributed by atoms with Crippen molar-refractivity contribution in [1.82, 2.24) is 0 Å². The molecule has 0 fully saturated rings. The Morgan fingerprint density at radius 2 is 0.684 bits per heavy atom. The summed E-state index contributed by atoms with van der Waals surface area (Å²) in [5.74, 6) is 29.0. The average Bonchev–Trinajstić information content (AvgIpc) is 3.26. The molecule has 0 aliphatic heterocycles. The summed E-state index contributed by atoms with van der Waals surface area (Å²) < 4.78 is 11.7. The van der Waals surface area contributed by atoms with Crippen molar-refractivity contribution in [2.24, 2.45) is 0 Å². The second kappa shape index (κ2) is 23.9. The van der Waals surface area contributed by atoms with Gasteiger partial charge < -0.3 is 14.4 Å². The number of anilines is 3. The lowest BCUT2D eigenvalue weighted by molar-refractivity contribution is 0.304. The molecule has 0 unspecified atom stereocenters. The van der Waals surface area contributed by atoms with Crippen LogP contribution in [0.4, 0.5) is 17.1 Å². The van der Waals surface area contributed by atoms with Gasteiger partial charge in [-0.3, -0.25) is 0 Å². The van der Waals surface area contributed by atoms with E-state index in [1.807, 2.05) is 97.1 Å². The van der Waals surface area contributed by atoms with Gasteiger partial charge in [0.15, 0.2) is 0 Å². The molecule has 0 radical (unpaired) electrons. The molecule has 284 valence electrons. The zero-order valence-corrected chi connectivity index (χ0v) is 33.4. The minimum Gasteiger partial charge on any atom is -0.494 e. The van der Waals surface area contributed by atoms with Crippen LogP contribution in [0.3, 0.4) is 0 Å². The Hall–Kier alpha value is -6.70. The Morgan fingerprint density at radius 3 is 1.00 bits per heavy atom. The van der Waals surface area contributed by atoms with Gasteiger partial charge in [0.1, 0.15) is 11.5 Å². The highest BCUT2D eigenvalue weighted by Crippen LogP contribution is 2.34. The van der Waals surface area contributed by atoms with Crippen molar-refractivity contribution in [2.75, 3.05) is 18.1 Å². The van der Waals surface area contributed by atoms with Crippen LogP contribution >= 0.6 is 0 Å². The first-order chi connectivity index (χ1) is 28.1. The average molecular weight is 746 g/mol. The summed E-state index contributed by atoms with van der Waals surface area (Å²) in [4.78, 5) is 2.17. The van der Waals surface area contributed by atoms with E-state index in [1.165, 1.54) is 51.4 Å². The molecule has 0 aromatic heterocycles. The first-order valence-corrected chi connectivity index (χ1v) is 20.2. The molecule has 5 rings (SSSR count). The molecule has 0 saturated carbocycles. The van der Waals surface area contributed by atoms with Crippen LogP contribution in [-0.4, -0.2) is 13.2 Å². The first kappa shape index (κ1) is 41.5. The van der Waals surface area contributed by atoms with Crippen molar-refractivity contribution in [3.8, 4) is 71.2 Å². The molecule has 0 atom stereocenters. The Kier molecular flexibility index (Phi) is 17.4. The van der Waals surface area contributed by atoms with Crippen LogP contribution in [0.1, 0.15) is 106 Å². The van der Waals surface area contributed by atoms with Crippen LogP contribution in [0.5, 0.6) is 11.5 Å². The van der Waals surface area contributed by atoms with Crippen molar-refractivity contribution in [3.05, 3.63) is 149 Å². The highest BCUT2D eigenvalue weighted by atomic mass is 16.5. The van der Waals surface area contributed by atoms with E-state index in [4.69, 9.17) is 15.9 Å². The fraction of sp³-hybridized carbons (Fsp3) is 0.259. The monoisotopic (exact) mass is 745 g/mol. The van der Waals surface area contributed by atoms with Crippen molar-refractivity contribution >= 4 is 17.1 Å². The third-order valence-corrected chi connectivity index (χ3v) is 9.24. The van der Waals surface area contributed by atoms with Crippen molar-refractivity contribution < 1.29 is 9.47 Å². The zero-order valence-electron chi connectivity index (χ0n) is 33.4. The predicted octanol–water partition coefficient (Wildman–Crippen LogP) is 12.6. The smallest absolute Gasteiger partial charge is 0.119 e. The molecule has 0 aliphatic rings. The van der Waals surface area contributed by atoms with E-state index in [0.717, 1.165) is 82.4 Å². The summed E-state index contributed by atoms with van der Waals surface area (Å²) in [6.45, 7) is 5.96. The van der Waals surface area contributed by atoms with Crippen molar-refractivity contribution in [2.45, 2.75) is 78.1 Å². The second-order valence-electron chi connectivity index (χ2n) is 13.7. The number of hydrogen-bond acceptors (Lipinski definition) is 3. The number of ether oxygens (including phenoxy) is 2. The quantitative estimate of drug-likeness (QED) is 0.0699. The van der Waals surface area contributed by atoms with Crippen molar-refractivity contribution in [3.63, 3.8) is 0 Å². The van der Waals surface area contributed by atoms with E-state index in [9.17, 15) is 0 Å². The summed E-state index contributed by atoms with van der Waals surface area (Å²) in [5, 5.41) is 0. The molecule has 0 aliphatic carbocycles. The van der Waals surface area contributed by atoms with E-state index in [1.54, 1.807) is 0 Å². The lowest BCUT2D eigenvalue weighted by Crippen LogP contribution is -2.09. The lowest BCUT2D eigenvalue weighted by atomic mass is 10.1. The van der Waals surface area contributed by atoms with E-state index in [0.29, 0.717) is 0 Å². The van der Waals surface area contributed by atoms with Gasteiger partial charge in [0.05, 0.1) is 13.2 Å². The molecule has 5 aromatic carbocycles. The summed E-state index contributed by atoms with van der Waals surface area (Å²) in [6, 6.07) is 40.0. The standard InChI is InChI=1S/C54H51NO2/c1-4-7-9-11-17-43-56-53-39-29-48(30-40-53)21-15-13-19-46-25-35-51(36-26-46)55(50-33-23-45(6-3)24-34-50)52-37-27-47(28-38-52)20-14-16-22-49-31-41-54(42-32-49)57-44-18-12-10-8-5-2/h3,23-42H,4-5,7-12,17-18,43-44H2,1-2H3. The van der Waals surface area contributed by atoms with Gasteiger partial charge in [-0.2, -0.15) is 0 Å². The number of benzene rings is 5. The van der Waals surface area contributed by atoms with Gasteiger partial charge in [-0.25, -0.2) is 0 Å². The fourth-order valence-corrected chi connectivity index (χ4v) is 6.02. The topological polar surface area (TPSA) is 21.7 Å². The highest BCUT2D eigenvalue weighted by Gasteiger charge is 2.12. The third-order valence-electron chi connectivity index (χ3n) is 9.24. The Morgan fingerprint density at radius 1 is 0.386 bits per heavy atom.